The summed E-state index contributed by atoms with van der Waals surface area (Å²) >= 11 is 6.05. The van der Waals surface area contributed by atoms with E-state index in [1.807, 2.05) is 13.8 Å². The number of nitrogens with zero attached hydrogens (tertiary/aromatic N) is 2. The van der Waals surface area contributed by atoms with Crippen molar-refractivity contribution in [2.24, 2.45) is 5.16 Å². The molecule has 1 fully saturated rings. The fourth-order valence-electron chi connectivity index (χ4n) is 3.71. The van der Waals surface area contributed by atoms with Gasteiger partial charge in [-0.2, -0.15) is 0 Å². The molecule has 1 aliphatic rings. The zero-order chi connectivity index (χ0) is 26.1. The molecule has 198 valence electrons. The molecular formula is C26H35ClN2O7. The van der Waals surface area contributed by atoms with Crippen LogP contribution >= 0.6 is 11.6 Å². The first-order chi connectivity index (χ1) is 17.3. The maximum Gasteiger partial charge on any atom is 0.435 e. The van der Waals surface area contributed by atoms with Crippen molar-refractivity contribution in [3.63, 3.8) is 0 Å². The van der Waals surface area contributed by atoms with Crippen LogP contribution in [0.5, 0.6) is 5.75 Å². The van der Waals surface area contributed by atoms with Crippen molar-refractivity contribution in [2.45, 2.75) is 65.3 Å². The first kappa shape index (κ1) is 28.0. The number of amides is 1. The molecule has 1 unspecified atom stereocenters. The van der Waals surface area contributed by atoms with Gasteiger partial charge in [-0.05, 0) is 44.9 Å². The molecule has 0 bridgehead atoms. The van der Waals surface area contributed by atoms with Crippen molar-refractivity contribution in [1.82, 2.24) is 4.90 Å². The highest BCUT2D eigenvalue weighted by molar-refractivity contribution is 6.31. The summed E-state index contributed by atoms with van der Waals surface area (Å²) in [6.07, 6.45) is 2.89. The number of unbranched alkanes of at least 4 members (excludes halogenated alkanes) is 2. The Balaban J connectivity index is 1.72. The van der Waals surface area contributed by atoms with Gasteiger partial charge in [0.1, 0.15) is 29.8 Å². The van der Waals surface area contributed by atoms with Gasteiger partial charge in [-0.25, -0.2) is 9.59 Å². The van der Waals surface area contributed by atoms with Crippen molar-refractivity contribution in [3.05, 3.63) is 40.2 Å². The van der Waals surface area contributed by atoms with Crippen LogP contribution < -0.4 is 10.4 Å². The fraction of sp³-hybridized carbons (Fsp3) is 0.577. The molecule has 3 rings (SSSR count). The Labute approximate surface area is 216 Å². The first-order valence-corrected chi connectivity index (χ1v) is 12.9. The molecule has 1 aromatic heterocycles. The normalized spacial score (nSPS) is 17.4. The molecule has 0 N–H and O–H groups in total. The molecule has 2 heterocycles. The third kappa shape index (κ3) is 7.69. The highest BCUT2D eigenvalue weighted by Gasteiger charge is 2.33. The highest BCUT2D eigenvalue weighted by atomic mass is 35.5. The van der Waals surface area contributed by atoms with E-state index in [0.717, 1.165) is 25.7 Å². The molecule has 10 heteroatoms. The maximum atomic E-state index is 12.7. The molecule has 1 aliphatic heterocycles. The molecular weight excluding hydrogens is 488 g/mol. The molecule has 0 radical (unpaired) electrons. The van der Waals surface area contributed by atoms with Crippen LogP contribution in [0.2, 0.25) is 0 Å². The van der Waals surface area contributed by atoms with Crippen molar-refractivity contribution in [2.75, 3.05) is 32.2 Å². The second kappa shape index (κ2) is 13.1. The predicted octanol–water partition coefficient (Wildman–Crippen LogP) is 5.31. The van der Waals surface area contributed by atoms with Crippen LogP contribution in [0.3, 0.4) is 0 Å². The molecule has 36 heavy (non-hydrogen) atoms. The van der Waals surface area contributed by atoms with Crippen LogP contribution in [-0.4, -0.2) is 60.8 Å². The Bertz CT molecular complexity index is 1110. The van der Waals surface area contributed by atoms with Gasteiger partial charge < -0.3 is 23.5 Å². The van der Waals surface area contributed by atoms with Crippen molar-refractivity contribution < 1.29 is 28.3 Å². The van der Waals surface area contributed by atoms with E-state index in [9.17, 15) is 9.59 Å². The summed E-state index contributed by atoms with van der Waals surface area (Å²) in [5, 5.41) is 4.55. The van der Waals surface area contributed by atoms with Crippen molar-refractivity contribution in [3.8, 4) is 5.75 Å². The van der Waals surface area contributed by atoms with E-state index in [0.29, 0.717) is 43.0 Å². The third-order valence-electron chi connectivity index (χ3n) is 5.70. The minimum Gasteiger partial charge on any atom is -0.491 e. The van der Waals surface area contributed by atoms with Crippen LogP contribution in [0.25, 0.3) is 11.0 Å². The zero-order valence-electron chi connectivity index (χ0n) is 21.4. The van der Waals surface area contributed by atoms with Gasteiger partial charge in [-0.3, -0.25) is 4.84 Å². The minimum absolute atomic E-state index is 0.118. The van der Waals surface area contributed by atoms with E-state index >= 15 is 0 Å². The number of oxime groups is 1. The Hall–Kier alpha value is -2.62. The van der Waals surface area contributed by atoms with E-state index in [1.165, 1.54) is 0 Å². The molecule has 9 nitrogen and oxygen atoms in total. The lowest BCUT2D eigenvalue weighted by Crippen LogP contribution is -2.33. The number of hydrogen-bond acceptors (Lipinski definition) is 8. The van der Waals surface area contributed by atoms with Gasteiger partial charge in [0.05, 0.1) is 18.1 Å². The third-order valence-corrected chi connectivity index (χ3v) is 5.96. The largest absolute Gasteiger partial charge is 0.491 e. The molecule has 0 saturated carbocycles. The SMILES string of the molecule is CCCCN(CCCC)C(=O)O/N=C(\CCl)c1cc2ccc(OCC3COC(C)(C)O3)cc2oc1=O. The van der Waals surface area contributed by atoms with E-state index in [1.54, 1.807) is 29.2 Å². The molecule has 2 aromatic rings. The molecule has 1 aromatic carbocycles. The van der Waals surface area contributed by atoms with Crippen LogP contribution in [0.15, 0.2) is 38.6 Å². The number of alkyl halides is 1. The summed E-state index contributed by atoms with van der Waals surface area (Å²) in [6, 6.07) is 6.78. The molecule has 1 atom stereocenters. The lowest BCUT2D eigenvalue weighted by Gasteiger charge is -2.19. The number of hydrogen-bond donors (Lipinski definition) is 0. The fourth-order valence-corrected chi connectivity index (χ4v) is 3.90. The molecule has 1 saturated heterocycles. The van der Waals surface area contributed by atoms with Gasteiger partial charge in [0.15, 0.2) is 5.79 Å². The van der Waals surface area contributed by atoms with Crippen molar-refractivity contribution >= 4 is 34.4 Å². The predicted molar refractivity (Wildman–Crippen MR) is 138 cm³/mol. The zero-order valence-corrected chi connectivity index (χ0v) is 22.1. The first-order valence-electron chi connectivity index (χ1n) is 12.4. The second-order valence-corrected chi connectivity index (χ2v) is 9.40. The van der Waals surface area contributed by atoms with Gasteiger partial charge in [0, 0.05) is 24.5 Å². The van der Waals surface area contributed by atoms with E-state index < -0.39 is 17.5 Å². The van der Waals surface area contributed by atoms with Gasteiger partial charge >= 0.3 is 11.7 Å². The second-order valence-electron chi connectivity index (χ2n) is 9.13. The monoisotopic (exact) mass is 522 g/mol. The summed E-state index contributed by atoms with van der Waals surface area (Å²) in [5.74, 6) is -0.222. The smallest absolute Gasteiger partial charge is 0.435 e. The van der Waals surface area contributed by atoms with Crippen LogP contribution in [0, 0.1) is 0 Å². The van der Waals surface area contributed by atoms with Gasteiger partial charge in [0.2, 0.25) is 0 Å². The number of rotatable bonds is 12. The van der Waals surface area contributed by atoms with Gasteiger partial charge in [0.25, 0.3) is 0 Å². The van der Waals surface area contributed by atoms with Gasteiger partial charge in [-0.1, -0.05) is 31.8 Å². The molecule has 1 amide bonds. The average molecular weight is 523 g/mol. The Morgan fingerprint density at radius 2 is 1.92 bits per heavy atom. The van der Waals surface area contributed by atoms with E-state index in [-0.39, 0.29) is 23.3 Å². The Morgan fingerprint density at radius 1 is 1.19 bits per heavy atom. The number of carbonyl (C=O) groups is 1. The van der Waals surface area contributed by atoms with E-state index in [4.69, 9.17) is 35.1 Å². The van der Waals surface area contributed by atoms with Crippen LogP contribution in [0.4, 0.5) is 4.79 Å². The lowest BCUT2D eigenvalue weighted by atomic mass is 10.1. The average Bonchev–Trinajstić information content (AvgIpc) is 3.21. The summed E-state index contributed by atoms with van der Waals surface area (Å²) in [6.45, 7) is 9.73. The quantitative estimate of drug-likeness (QED) is 0.122. The maximum absolute atomic E-state index is 12.7. The van der Waals surface area contributed by atoms with Crippen LogP contribution in [0.1, 0.15) is 58.9 Å². The van der Waals surface area contributed by atoms with Gasteiger partial charge in [-0.15, -0.1) is 11.6 Å². The van der Waals surface area contributed by atoms with E-state index in [2.05, 4.69) is 19.0 Å². The lowest BCUT2D eigenvalue weighted by molar-refractivity contribution is -0.141. The Kier molecular flexibility index (Phi) is 10.2. The number of benzene rings is 1. The molecule has 0 aliphatic carbocycles. The van der Waals surface area contributed by atoms with Crippen LogP contribution in [-0.2, 0) is 14.3 Å². The summed E-state index contributed by atoms with van der Waals surface area (Å²) in [5.41, 5.74) is -0.0427. The number of fused-ring (bicyclic) bond motifs is 1. The topological polar surface area (TPSA) is 99.8 Å². The number of halogens is 1. The number of ether oxygens (including phenoxy) is 3. The molecule has 0 spiro atoms. The summed E-state index contributed by atoms with van der Waals surface area (Å²) in [7, 11) is 0. The standard InChI is InChI=1S/C26H35ClN2O7/c1-5-7-11-29(12-8-6-2)25(31)36-28-22(15-27)21-13-18-9-10-19(14-23(18)34-24(21)30)32-16-20-17-33-26(3,4)35-20/h9-10,13-14,20H,5-8,11-12,15-17H2,1-4H3/b28-22+. The Morgan fingerprint density at radius 3 is 2.53 bits per heavy atom. The highest BCUT2D eigenvalue weighted by Crippen LogP contribution is 2.25. The number of carbonyl (C=O) groups excluding carboxylic acids is 1. The summed E-state index contributed by atoms with van der Waals surface area (Å²) < 4.78 is 22.6. The summed E-state index contributed by atoms with van der Waals surface area (Å²) in [4.78, 5) is 32.0. The van der Waals surface area contributed by atoms with Crippen molar-refractivity contribution in [1.29, 1.82) is 0 Å². The minimum atomic E-state index is -0.641.